The molecule has 3 aliphatic rings. The van der Waals surface area contributed by atoms with Gasteiger partial charge in [0.25, 0.3) is 0 Å². The lowest BCUT2D eigenvalue weighted by Gasteiger charge is -2.31. The lowest BCUT2D eigenvalue weighted by atomic mass is 9.81. The minimum atomic E-state index is -0.386. The number of pyridine rings is 1. The fraction of sp³-hybridized carbons (Fsp3) is 0.197. The van der Waals surface area contributed by atoms with Crippen LogP contribution in [0.15, 0.2) is 188 Å². The fourth-order valence-corrected chi connectivity index (χ4v) is 10.5. The van der Waals surface area contributed by atoms with Crippen LogP contribution in [0.3, 0.4) is 0 Å². The van der Waals surface area contributed by atoms with Gasteiger partial charge in [-0.15, -0.1) is 0 Å². The minimum absolute atomic E-state index is 0.0182. The fourth-order valence-electron chi connectivity index (χ4n) is 10.5. The molecule has 0 saturated carbocycles. The first-order chi connectivity index (χ1) is 36.2. The van der Waals surface area contributed by atoms with Gasteiger partial charge in [-0.1, -0.05) is 153 Å². The first-order valence-electron chi connectivity index (χ1n) is 26.9. The highest BCUT2D eigenvalue weighted by Crippen LogP contribution is 2.53. The SMILES string of the molecule is [2H]c1c([2H])c([2H])c2c(c1[2H])c1ccc3cc1n2-c1cc(C(C)(C)C)c(cn1)-c1cccc(c1)Oc1ccccc1-c1cc(C(C)(C)C)cc(-c2ccc(C(C)(C)C)cc2)c1N1CN(c2cccc(c2)O3)c2ccccc21. The van der Waals surface area contributed by atoms with Gasteiger partial charge in [-0.25, -0.2) is 4.98 Å². The van der Waals surface area contributed by atoms with E-state index in [0.717, 1.165) is 61.7 Å². The number of aromatic nitrogens is 2. The Hall–Kier alpha value is -8.09. The Morgan fingerprint density at radius 3 is 1.93 bits per heavy atom. The second-order valence-electron chi connectivity index (χ2n) is 22.3. The van der Waals surface area contributed by atoms with Crippen molar-refractivity contribution in [2.45, 2.75) is 78.6 Å². The maximum absolute atomic E-state index is 9.31. The summed E-state index contributed by atoms with van der Waals surface area (Å²) in [6.07, 6.45) is 1.88. The van der Waals surface area contributed by atoms with Crippen molar-refractivity contribution in [2.24, 2.45) is 0 Å². The van der Waals surface area contributed by atoms with Crippen molar-refractivity contribution in [3.8, 4) is 62.2 Å². The maximum Gasteiger partial charge on any atom is 0.137 e. The third kappa shape index (κ3) is 7.86. The van der Waals surface area contributed by atoms with Crippen LogP contribution in [0.1, 0.15) is 84.5 Å². The van der Waals surface area contributed by atoms with Crippen LogP contribution in [0.2, 0.25) is 0 Å². The molecule has 5 heterocycles. The molecule has 0 amide bonds. The predicted octanol–water partition coefficient (Wildman–Crippen LogP) is 18.2. The van der Waals surface area contributed by atoms with E-state index in [-0.39, 0.29) is 40.4 Å². The third-order valence-electron chi connectivity index (χ3n) is 14.3. The molecular formula is C66H60N4O2. The predicted molar refractivity (Wildman–Crippen MR) is 300 cm³/mol. The van der Waals surface area contributed by atoms with Crippen molar-refractivity contribution >= 4 is 44.6 Å². The van der Waals surface area contributed by atoms with Crippen LogP contribution in [0.25, 0.3) is 61.0 Å². The molecule has 6 nitrogen and oxygen atoms in total. The average Bonchev–Trinajstić information content (AvgIpc) is 3.99. The Balaban J connectivity index is 1.14. The lowest BCUT2D eigenvalue weighted by molar-refractivity contribution is 0.483. The number of nitrogens with zero attached hydrogens (tertiary/aromatic N) is 4. The van der Waals surface area contributed by atoms with Crippen molar-refractivity contribution in [3.05, 3.63) is 205 Å². The zero-order valence-corrected chi connectivity index (χ0v) is 42.4. The van der Waals surface area contributed by atoms with Crippen LogP contribution < -0.4 is 19.3 Å². The zero-order valence-electron chi connectivity index (χ0n) is 46.4. The van der Waals surface area contributed by atoms with Gasteiger partial charge in [0.1, 0.15) is 35.5 Å². The van der Waals surface area contributed by atoms with Crippen LogP contribution >= 0.6 is 0 Å². The maximum atomic E-state index is 9.31. The van der Waals surface area contributed by atoms with Gasteiger partial charge in [-0.05, 0) is 123 Å². The van der Waals surface area contributed by atoms with Crippen molar-refractivity contribution < 1.29 is 15.0 Å². The third-order valence-corrected chi connectivity index (χ3v) is 14.3. The van der Waals surface area contributed by atoms with Gasteiger partial charge in [-0.2, -0.15) is 0 Å². The van der Waals surface area contributed by atoms with Crippen LogP contribution in [-0.2, 0) is 16.2 Å². The normalized spacial score (nSPS) is 14.2. The van der Waals surface area contributed by atoms with Crippen molar-refractivity contribution in [2.75, 3.05) is 16.5 Å². The summed E-state index contributed by atoms with van der Waals surface area (Å²) < 4.78 is 51.9. The Labute approximate surface area is 429 Å². The summed E-state index contributed by atoms with van der Waals surface area (Å²) in [6, 6.07) is 54.1. The smallest absolute Gasteiger partial charge is 0.137 e. The first kappa shape index (κ1) is 40.6. The van der Waals surface area contributed by atoms with E-state index in [1.165, 1.54) is 11.1 Å². The zero-order chi connectivity index (χ0) is 53.2. The van der Waals surface area contributed by atoms with Crippen LogP contribution in [0.4, 0.5) is 22.7 Å². The molecule has 0 atom stereocenters. The molecule has 13 rings (SSSR count). The Kier molecular flexibility index (Phi) is 9.46. The van der Waals surface area contributed by atoms with E-state index in [0.29, 0.717) is 57.3 Å². The van der Waals surface area contributed by atoms with Gasteiger partial charge >= 0.3 is 0 Å². The first-order valence-corrected chi connectivity index (χ1v) is 24.9. The number of hydrogen-bond donors (Lipinski definition) is 0. The molecule has 10 bridgehead atoms. The topological polar surface area (TPSA) is 42.8 Å². The summed E-state index contributed by atoms with van der Waals surface area (Å²) in [4.78, 5) is 9.94. The number of rotatable bonds is 1. The molecule has 0 fully saturated rings. The summed E-state index contributed by atoms with van der Waals surface area (Å²) in [5.41, 5.74) is 14.0. The summed E-state index contributed by atoms with van der Waals surface area (Å²) in [6.45, 7) is 20.6. The summed E-state index contributed by atoms with van der Waals surface area (Å²) >= 11 is 0. The number of benzene rings is 8. The van der Waals surface area contributed by atoms with Crippen LogP contribution in [0, 0.1) is 0 Å². The molecule has 6 heteroatoms. The Bertz CT molecular complexity index is 3990. The van der Waals surface area contributed by atoms with Crippen molar-refractivity contribution in [3.63, 3.8) is 0 Å². The molecule has 356 valence electrons. The quantitative estimate of drug-likeness (QED) is 0.164. The van der Waals surface area contributed by atoms with Gasteiger partial charge < -0.3 is 19.3 Å². The van der Waals surface area contributed by atoms with Gasteiger partial charge in [0, 0.05) is 57.0 Å². The molecule has 10 aromatic rings. The van der Waals surface area contributed by atoms with Crippen molar-refractivity contribution in [1.82, 2.24) is 9.55 Å². The highest BCUT2D eigenvalue weighted by Gasteiger charge is 2.34. The number of fused-ring (bicyclic) bond motifs is 5. The summed E-state index contributed by atoms with van der Waals surface area (Å²) in [5.74, 6) is 3.07. The molecule has 3 aliphatic heterocycles. The van der Waals surface area contributed by atoms with Gasteiger partial charge in [-0.3, -0.25) is 4.57 Å². The van der Waals surface area contributed by atoms with E-state index < -0.39 is 0 Å². The second-order valence-corrected chi connectivity index (χ2v) is 22.3. The number of para-hydroxylation sites is 4. The highest BCUT2D eigenvalue weighted by atomic mass is 16.5. The van der Waals surface area contributed by atoms with Gasteiger partial charge in [0.2, 0.25) is 0 Å². The molecule has 0 saturated heterocycles. The van der Waals surface area contributed by atoms with E-state index in [1.54, 1.807) is 0 Å². The van der Waals surface area contributed by atoms with Crippen molar-refractivity contribution in [1.29, 1.82) is 0 Å². The Morgan fingerprint density at radius 2 is 1.17 bits per heavy atom. The summed E-state index contributed by atoms with van der Waals surface area (Å²) in [7, 11) is 0. The average molecular weight is 945 g/mol. The lowest BCUT2D eigenvalue weighted by Crippen LogP contribution is -2.25. The van der Waals surface area contributed by atoms with Crippen LogP contribution in [0.5, 0.6) is 23.0 Å². The highest BCUT2D eigenvalue weighted by molar-refractivity contribution is 6.09. The monoisotopic (exact) mass is 944 g/mol. The number of ether oxygens (including phenoxy) is 2. The molecule has 0 radical (unpaired) electrons. The number of anilines is 4. The molecule has 0 N–H and O–H groups in total. The van der Waals surface area contributed by atoms with Gasteiger partial charge in [0.05, 0.1) is 33.6 Å². The summed E-state index contributed by atoms with van der Waals surface area (Å²) in [5, 5.41) is 1.08. The second kappa shape index (κ2) is 16.8. The van der Waals surface area contributed by atoms with E-state index in [9.17, 15) is 2.74 Å². The largest absolute Gasteiger partial charge is 0.457 e. The Morgan fingerprint density at radius 1 is 0.486 bits per heavy atom. The molecule has 8 aromatic carbocycles. The van der Waals surface area contributed by atoms with Crippen LogP contribution in [-0.4, -0.2) is 16.2 Å². The van der Waals surface area contributed by atoms with E-state index >= 15 is 0 Å². The number of hydrogen-bond acceptors (Lipinski definition) is 5. The standard InChI is InChI=1S/C66H60N4O2/c1-64(2,3)44-30-28-42(29-31-44)53-35-45(65(4,5)6)36-54-52-23-11-15-27-61(52)72-47-20-16-18-43(34-47)55-40-67-62(39-56(55)66(7,8)9)70-57-24-12-10-22-50(57)51-33-32-49(38-60(51)70)71-48-21-17-19-46(37-48)68-41-69(63(53)54)59-26-14-13-25-58(59)68/h10-40H,41H2,1-9H3/i10D,12D,22D,24D. The molecule has 0 unspecified atom stereocenters. The van der Waals surface area contributed by atoms with E-state index in [4.69, 9.17) is 17.2 Å². The molecular weight excluding hydrogens is 881 g/mol. The molecule has 72 heavy (non-hydrogen) atoms. The van der Waals surface area contributed by atoms with E-state index in [2.05, 4.69) is 181 Å². The van der Waals surface area contributed by atoms with Gasteiger partial charge in [0.15, 0.2) is 0 Å². The minimum Gasteiger partial charge on any atom is -0.457 e. The molecule has 0 aliphatic carbocycles. The molecule has 0 spiro atoms. The molecule has 2 aromatic heterocycles. The van der Waals surface area contributed by atoms with E-state index in [1.807, 2.05) is 59.3 Å².